The Labute approximate surface area is 288 Å². The van der Waals surface area contributed by atoms with Gasteiger partial charge in [-0.3, -0.25) is 23.7 Å². The second-order valence-corrected chi connectivity index (χ2v) is 11.3. The molecule has 240 valence electrons. The van der Waals surface area contributed by atoms with Crippen LogP contribution in [-0.4, -0.2) is 24.1 Å². The molecule has 5 aromatic carbocycles. The number of hydrogen-bond acceptors (Lipinski definition) is 5. The Morgan fingerprint density at radius 2 is 0.840 bits per heavy atom. The number of aromatic nitrogens is 5. The summed E-state index contributed by atoms with van der Waals surface area (Å²) in [5.41, 5.74) is 4.84. The number of nitrogens with zero attached hydrogens (tertiary/aromatic N) is 5. The van der Waals surface area contributed by atoms with E-state index in [1.165, 1.54) is 0 Å². The van der Waals surface area contributed by atoms with Gasteiger partial charge in [-0.05, 0) is 84.0 Å². The summed E-state index contributed by atoms with van der Waals surface area (Å²) >= 11 is 0. The van der Waals surface area contributed by atoms with E-state index in [-0.39, 0.29) is 11.1 Å². The van der Waals surface area contributed by atoms with Crippen molar-refractivity contribution in [2.45, 2.75) is 0 Å². The highest BCUT2D eigenvalue weighted by Gasteiger charge is 2.12. The molecule has 7 heteroatoms. The summed E-state index contributed by atoms with van der Waals surface area (Å²) in [6.07, 6.45) is 11.1. The van der Waals surface area contributed by atoms with Crippen molar-refractivity contribution in [1.29, 1.82) is 0 Å². The molecule has 8 rings (SSSR count). The monoisotopic (exact) mass is 649 g/mol. The molecular formula is C43H31N5O2. The number of hydrogen-bond donors (Lipinski definition) is 0. The predicted octanol–water partition coefficient (Wildman–Crippen LogP) is 8.51. The maximum Gasteiger partial charge on any atom is 0.266 e. The molecule has 0 atom stereocenters. The molecule has 0 saturated heterocycles. The summed E-state index contributed by atoms with van der Waals surface area (Å²) < 4.78 is 3.29. The van der Waals surface area contributed by atoms with E-state index in [0.717, 1.165) is 22.5 Å². The molecular weight excluding hydrogens is 619 g/mol. The van der Waals surface area contributed by atoms with Crippen molar-refractivity contribution < 1.29 is 0 Å². The number of benzene rings is 5. The second kappa shape index (κ2) is 14.8. The van der Waals surface area contributed by atoms with Crippen molar-refractivity contribution in [2.75, 3.05) is 0 Å². The summed E-state index contributed by atoms with van der Waals surface area (Å²) in [4.78, 5) is 39.6. The zero-order valence-electron chi connectivity index (χ0n) is 27.0. The van der Waals surface area contributed by atoms with Crippen LogP contribution in [0.2, 0.25) is 0 Å². The zero-order chi connectivity index (χ0) is 34.1. The van der Waals surface area contributed by atoms with Crippen molar-refractivity contribution in [3.05, 3.63) is 208 Å². The highest BCUT2D eigenvalue weighted by molar-refractivity contribution is 5.81. The molecule has 50 heavy (non-hydrogen) atoms. The number of rotatable bonds is 6. The minimum Gasteiger partial charge on any atom is -0.268 e. The third-order valence-corrected chi connectivity index (χ3v) is 7.97. The highest BCUT2D eigenvalue weighted by atomic mass is 16.1. The Hall–Kier alpha value is -6.99. The quantitative estimate of drug-likeness (QED) is 0.180. The van der Waals surface area contributed by atoms with Crippen LogP contribution >= 0.6 is 0 Å². The maximum atomic E-state index is 13.1. The lowest BCUT2D eigenvalue weighted by atomic mass is 10.2. The van der Waals surface area contributed by atoms with Gasteiger partial charge in [0, 0.05) is 12.4 Å². The molecule has 8 aromatic rings. The SMILES string of the molecule is O=c1c2ccccc2nc(/C=C/c2ccccc2)n1-c1ccccc1.O=c1c2ccccc2nc(/C=C/c2cccnc2)n1-c1ccccc1. The predicted molar refractivity (Wildman–Crippen MR) is 203 cm³/mol. The van der Waals surface area contributed by atoms with Crippen LogP contribution in [0.3, 0.4) is 0 Å². The van der Waals surface area contributed by atoms with Gasteiger partial charge in [0.15, 0.2) is 0 Å². The molecule has 0 unspecified atom stereocenters. The average Bonchev–Trinajstić information content (AvgIpc) is 3.18. The first-order chi connectivity index (χ1) is 24.7. The lowest BCUT2D eigenvalue weighted by Gasteiger charge is -2.11. The molecule has 7 nitrogen and oxygen atoms in total. The molecule has 0 aliphatic carbocycles. The van der Waals surface area contributed by atoms with Gasteiger partial charge < -0.3 is 0 Å². The number of pyridine rings is 1. The molecule has 0 amide bonds. The third-order valence-electron chi connectivity index (χ3n) is 7.97. The van der Waals surface area contributed by atoms with E-state index >= 15 is 0 Å². The van der Waals surface area contributed by atoms with Gasteiger partial charge >= 0.3 is 0 Å². The maximum absolute atomic E-state index is 13.1. The van der Waals surface area contributed by atoms with E-state index < -0.39 is 0 Å². The first-order valence-corrected chi connectivity index (χ1v) is 16.1. The summed E-state index contributed by atoms with van der Waals surface area (Å²) in [6, 6.07) is 47.8. The van der Waals surface area contributed by atoms with Crippen LogP contribution in [0.4, 0.5) is 0 Å². The van der Waals surface area contributed by atoms with Gasteiger partial charge in [0.25, 0.3) is 11.1 Å². The van der Waals surface area contributed by atoms with Gasteiger partial charge in [0.05, 0.1) is 33.2 Å². The lowest BCUT2D eigenvalue weighted by molar-refractivity contribution is 0.944. The fourth-order valence-electron chi connectivity index (χ4n) is 5.56. The Kier molecular flexibility index (Phi) is 9.38. The first kappa shape index (κ1) is 31.6. The van der Waals surface area contributed by atoms with Crippen LogP contribution in [0, 0.1) is 0 Å². The topological polar surface area (TPSA) is 82.7 Å². The fourth-order valence-corrected chi connectivity index (χ4v) is 5.56. The Balaban J connectivity index is 0.000000157. The van der Waals surface area contributed by atoms with Crippen LogP contribution in [0.25, 0.3) is 57.5 Å². The van der Waals surface area contributed by atoms with E-state index in [1.807, 2.05) is 170 Å². The first-order valence-electron chi connectivity index (χ1n) is 16.1. The van der Waals surface area contributed by atoms with Gasteiger partial charge in [-0.1, -0.05) is 103 Å². The van der Waals surface area contributed by atoms with Crippen LogP contribution in [0.15, 0.2) is 174 Å². The average molecular weight is 650 g/mol. The standard InChI is InChI=1S/C22H16N2O.C21H15N3O/c25-22-19-13-7-8-14-20(19)23-21(16-15-17-9-3-1-4-10-17)24(22)18-11-5-2-6-12-18;25-21-18-10-4-5-11-19(18)23-20(13-12-16-7-6-14-22-15-16)24(21)17-8-2-1-3-9-17/h1-16H;1-15H/b16-15+;13-12+. The van der Waals surface area contributed by atoms with Crippen LogP contribution < -0.4 is 11.1 Å². The molecule has 0 aliphatic heterocycles. The van der Waals surface area contributed by atoms with Crippen LogP contribution in [-0.2, 0) is 0 Å². The van der Waals surface area contributed by atoms with Crippen molar-refractivity contribution in [2.24, 2.45) is 0 Å². The number of fused-ring (bicyclic) bond motifs is 2. The van der Waals surface area contributed by atoms with Gasteiger partial charge in [-0.15, -0.1) is 0 Å². The smallest absolute Gasteiger partial charge is 0.266 e. The molecule has 0 radical (unpaired) electrons. The lowest BCUT2D eigenvalue weighted by Crippen LogP contribution is -2.22. The van der Waals surface area contributed by atoms with Crippen LogP contribution in [0.1, 0.15) is 22.8 Å². The fraction of sp³-hybridized carbons (Fsp3) is 0. The van der Waals surface area contributed by atoms with Gasteiger partial charge in [0.2, 0.25) is 0 Å². The number of para-hydroxylation sites is 4. The zero-order valence-corrected chi connectivity index (χ0v) is 27.0. The van der Waals surface area contributed by atoms with Crippen molar-refractivity contribution in [3.8, 4) is 11.4 Å². The minimum atomic E-state index is -0.0809. The van der Waals surface area contributed by atoms with Crippen molar-refractivity contribution in [1.82, 2.24) is 24.1 Å². The van der Waals surface area contributed by atoms with E-state index in [9.17, 15) is 9.59 Å². The summed E-state index contributed by atoms with van der Waals surface area (Å²) in [5.74, 6) is 1.19. The highest BCUT2D eigenvalue weighted by Crippen LogP contribution is 2.17. The molecule has 0 fully saturated rings. The van der Waals surface area contributed by atoms with Gasteiger partial charge in [-0.25, -0.2) is 9.97 Å². The normalized spacial score (nSPS) is 11.2. The van der Waals surface area contributed by atoms with Crippen LogP contribution in [0.5, 0.6) is 0 Å². The molecule has 3 aromatic heterocycles. The molecule has 0 spiro atoms. The summed E-state index contributed by atoms with van der Waals surface area (Å²) in [6.45, 7) is 0. The van der Waals surface area contributed by atoms with Crippen molar-refractivity contribution >= 4 is 46.1 Å². The van der Waals surface area contributed by atoms with E-state index in [1.54, 1.807) is 27.6 Å². The largest absolute Gasteiger partial charge is 0.268 e. The Bertz CT molecular complexity index is 2380. The second-order valence-electron chi connectivity index (χ2n) is 11.3. The minimum absolute atomic E-state index is 0.0653. The summed E-state index contributed by atoms with van der Waals surface area (Å²) in [7, 11) is 0. The Morgan fingerprint density at radius 1 is 0.420 bits per heavy atom. The van der Waals surface area contributed by atoms with E-state index in [4.69, 9.17) is 4.98 Å². The van der Waals surface area contributed by atoms with E-state index in [2.05, 4.69) is 9.97 Å². The molecule has 0 aliphatic rings. The summed E-state index contributed by atoms with van der Waals surface area (Å²) in [5, 5.41) is 1.22. The van der Waals surface area contributed by atoms with E-state index in [0.29, 0.717) is 33.5 Å². The Morgan fingerprint density at radius 3 is 1.32 bits per heavy atom. The van der Waals surface area contributed by atoms with Gasteiger partial charge in [-0.2, -0.15) is 0 Å². The molecule has 0 N–H and O–H groups in total. The van der Waals surface area contributed by atoms with Crippen molar-refractivity contribution in [3.63, 3.8) is 0 Å². The molecule has 0 bridgehead atoms. The molecule has 3 heterocycles. The third kappa shape index (κ3) is 6.98. The molecule has 0 saturated carbocycles. The van der Waals surface area contributed by atoms with Gasteiger partial charge in [0.1, 0.15) is 11.6 Å².